The van der Waals surface area contributed by atoms with Crippen LogP contribution in [0.1, 0.15) is 42.9 Å². The van der Waals surface area contributed by atoms with Gasteiger partial charge in [-0.3, -0.25) is 0 Å². The first-order valence-electron chi connectivity index (χ1n) is 5.65. The van der Waals surface area contributed by atoms with Gasteiger partial charge in [-0.15, -0.1) is 0 Å². The number of fused-ring (bicyclic) bond motifs is 1. The zero-order valence-corrected chi connectivity index (χ0v) is 8.84. The van der Waals surface area contributed by atoms with Gasteiger partial charge in [0.15, 0.2) is 0 Å². The molecule has 2 rings (SSSR count). The van der Waals surface area contributed by atoms with Gasteiger partial charge in [-0.1, -0.05) is 19.4 Å². The fourth-order valence-electron chi connectivity index (χ4n) is 2.42. The van der Waals surface area contributed by atoms with Gasteiger partial charge in [0.2, 0.25) is 0 Å². The molecule has 1 heteroatoms. The van der Waals surface area contributed by atoms with E-state index in [1.165, 1.54) is 42.4 Å². The van der Waals surface area contributed by atoms with Crippen LogP contribution in [0.25, 0.3) is 0 Å². The molecule has 0 fully saturated rings. The Kier molecular flexibility index (Phi) is 2.76. The number of hydrogen-bond donors (Lipinski definition) is 1. The quantitative estimate of drug-likeness (QED) is 0.759. The zero-order valence-electron chi connectivity index (χ0n) is 8.84. The molecule has 0 spiro atoms. The lowest BCUT2D eigenvalue weighted by atomic mass is 9.86. The van der Waals surface area contributed by atoms with Crippen molar-refractivity contribution in [2.24, 2.45) is 0 Å². The van der Waals surface area contributed by atoms with Crippen molar-refractivity contribution in [3.63, 3.8) is 0 Å². The fraction of sp³-hybridized carbons (Fsp3) is 0.538. The van der Waals surface area contributed by atoms with Crippen molar-refractivity contribution in [2.75, 3.05) is 0 Å². The summed E-state index contributed by atoms with van der Waals surface area (Å²) in [5.41, 5.74) is 4.13. The number of aromatic hydroxyl groups is 1. The fourth-order valence-corrected chi connectivity index (χ4v) is 2.42. The van der Waals surface area contributed by atoms with E-state index in [-0.39, 0.29) is 0 Å². The van der Waals surface area contributed by atoms with Gasteiger partial charge in [-0.25, -0.2) is 0 Å². The minimum absolute atomic E-state index is 0.507. The Labute approximate surface area is 85.8 Å². The van der Waals surface area contributed by atoms with Gasteiger partial charge in [0.25, 0.3) is 0 Å². The normalized spacial score (nSPS) is 15.2. The molecule has 0 unspecified atom stereocenters. The Morgan fingerprint density at radius 3 is 2.79 bits per heavy atom. The third kappa shape index (κ3) is 1.63. The van der Waals surface area contributed by atoms with Gasteiger partial charge >= 0.3 is 0 Å². The third-order valence-corrected chi connectivity index (χ3v) is 3.13. The van der Waals surface area contributed by atoms with E-state index in [1.54, 1.807) is 0 Å². The van der Waals surface area contributed by atoms with Crippen molar-refractivity contribution in [1.29, 1.82) is 0 Å². The molecule has 1 aromatic carbocycles. The lowest BCUT2D eigenvalue weighted by Gasteiger charge is -2.20. The van der Waals surface area contributed by atoms with Crippen LogP contribution in [0, 0.1) is 0 Å². The van der Waals surface area contributed by atoms with E-state index in [0.29, 0.717) is 5.75 Å². The van der Waals surface area contributed by atoms with E-state index in [1.807, 2.05) is 6.07 Å². The van der Waals surface area contributed by atoms with Crippen molar-refractivity contribution < 1.29 is 5.11 Å². The number of aryl methyl sites for hydroxylation is 1. The highest BCUT2D eigenvalue weighted by Crippen LogP contribution is 2.31. The van der Waals surface area contributed by atoms with E-state index in [9.17, 15) is 5.11 Å². The van der Waals surface area contributed by atoms with Crippen LogP contribution < -0.4 is 0 Å². The van der Waals surface area contributed by atoms with Crippen molar-refractivity contribution >= 4 is 0 Å². The number of phenols is 1. The predicted molar refractivity (Wildman–Crippen MR) is 58.7 cm³/mol. The second-order valence-electron chi connectivity index (χ2n) is 4.16. The molecule has 14 heavy (non-hydrogen) atoms. The molecule has 0 saturated carbocycles. The molecule has 0 aliphatic heterocycles. The van der Waals surface area contributed by atoms with E-state index in [2.05, 4.69) is 13.0 Å². The van der Waals surface area contributed by atoms with Gasteiger partial charge in [0.1, 0.15) is 5.75 Å². The van der Waals surface area contributed by atoms with Crippen molar-refractivity contribution in [2.45, 2.75) is 45.4 Å². The third-order valence-electron chi connectivity index (χ3n) is 3.13. The standard InChI is InChI=1S/C13H18O/c1-2-5-12-11-7-4-3-6-10(11)8-9-13(12)14/h8-9,14H,2-7H2,1H3. The largest absolute Gasteiger partial charge is 0.508 e. The van der Waals surface area contributed by atoms with E-state index in [0.717, 1.165) is 12.8 Å². The number of phenolic OH excluding ortho intramolecular Hbond substituents is 1. The molecule has 1 aliphatic rings. The van der Waals surface area contributed by atoms with Crippen LogP contribution in [0.2, 0.25) is 0 Å². The number of benzene rings is 1. The van der Waals surface area contributed by atoms with Crippen molar-refractivity contribution in [3.05, 3.63) is 28.8 Å². The van der Waals surface area contributed by atoms with Gasteiger partial charge < -0.3 is 5.11 Å². The summed E-state index contributed by atoms with van der Waals surface area (Å²) < 4.78 is 0. The first kappa shape index (κ1) is 9.57. The van der Waals surface area contributed by atoms with Gasteiger partial charge in [-0.2, -0.15) is 0 Å². The molecule has 0 amide bonds. The zero-order chi connectivity index (χ0) is 9.97. The molecule has 1 aromatic rings. The number of hydrogen-bond acceptors (Lipinski definition) is 1. The molecule has 76 valence electrons. The molecule has 1 nitrogen and oxygen atoms in total. The summed E-state index contributed by atoms with van der Waals surface area (Å²) in [6.45, 7) is 2.17. The summed E-state index contributed by atoms with van der Waals surface area (Å²) in [6, 6.07) is 3.97. The molecule has 0 aromatic heterocycles. The minimum Gasteiger partial charge on any atom is -0.508 e. The Morgan fingerprint density at radius 2 is 2.00 bits per heavy atom. The van der Waals surface area contributed by atoms with Crippen LogP contribution in [0.15, 0.2) is 12.1 Å². The summed E-state index contributed by atoms with van der Waals surface area (Å²) in [7, 11) is 0. The summed E-state index contributed by atoms with van der Waals surface area (Å²) in [5.74, 6) is 0.507. The maximum atomic E-state index is 9.80. The maximum absolute atomic E-state index is 9.80. The SMILES string of the molecule is CCCc1c(O)ccc2c1CCCC2. The maximum Gasteiger partial charge on any atom is 0.119 e. The van der Waals surface area contributed by atoms with Crippen LogP contribution in [0.5, 0.6) is 5.75 Å². The average Bonchev–Trinajstić information content (AvgIpc) is 2.23. The van der Waals surface area contributed by atoms with Crippen LogP contribution >= 0.6 is 0 Å². The predicted octanol–water partition coefficient (Wildman–Crippen LogP) is 3.22. The molecular formula is C13H18O. The Hall–Kier alpha value is -0.980. The first-order chi connectivity index (χ1) is 6.83. The number of rotatable bonds is 2. The van der Waals surface area contributed by atoms with Crippen LogP contribution in [-0.4, -0.2) is 5.11 Å². The highest BCUT2D eigenvalue weighted by molar-refractivity contribution is 5.45. The van der Waals surface area contributed by atoms with Gasteiger partial charge in [-0.05, 0) is 54.9 Å². The van der Waals surface area contributed by atoms with E-state index in [4.69, 9.17) is 0 Å². The first-order valence-corrected chi connectivity index (χ1v) is 5.65. The average molecular weight is 190 g/mol. The minimum atomic E-state index is 0.507. The lowest BCUT2D eigenvalue weighted by Crippen LogP contribution is -2.06. The summed E-state index contributed by atoms with van der Waals surface area (Å²) in [6.07, 6.45) is 7.10. The molecule has 0 atom stereocenters. The molecule has 1 aliphatic carbocycles. The highest BCUT2D eigenvalue weighted by Gasteiger charge is 2.15. The molecule has 0 saturated heterocycles. The van der Waals surface area contributed by atoms with Crippen LogP contribution in [0.4, 0.5) is 0 Å². The summed E-state index contributed by atoms with van der Waals surface area (Å²) >= 11 is 0. The van der Waals surface area contributed by atoms with Crippen LogP contribution in [0.3, 0.4) is 0 Å². The monoisotopic (exact) mass is 190 g/mol. The Balaban J connectivity index is 2.43. The lowest BCUT2D eigenvalue weighted by molar-refractivity contribution is 0.464. The summed E-state index contributed by atoms with van der Waals surface area (Å²) in [5, 5.41) is 9.80. The molecule has 0 bridgehead atoms. The molecule has 1 N–H and O–H groups in total. The van der Waals surface area contributed by atoms with Gasteiger partial charge in [0.05, 0.1) is 0 Å². The van der Waals surface area contributed by atoms with E-state index >= 15 is 0 Å². The summed E-state index contributed by atoms with van der Waals surface area (Å²) in [4.78, 5) is 0. The smallest absolute Gasteiger partial charge is 0.119 e. The Bertz CT molecular complexity index is 328. The second kappa shape index (κ2) is 4.04. The second-order valence-corrected chi connectivity index (χ2v) is 4.16. The van der Waals surface area contributed by atoms with Gasteiger partial charge in [0, 0.05) is 0 Å². The molecule has 0 radical (unpaired) electrons. The molecule has 0 heterocycles. The Morgan fingerprint density at radius 1 is 1.21 bits per heavy atom. The molecular weight excluding hydrogens is 172 g/mol. The van der Waals surface area contributed by atoms with Crippen LogP contribution in [-0.2, 0) is 19.3 Å². The van der Waals surface area contributed by atoms with Crippen molar-refractivity contribution in [3.8, 4) is 5.75 Å². The topological polar surface area (TPSA) is 20.2 Å². The highest BCUT2D eigenvalue weighted by atomic mass is 16.3. The van der Waals surface area contributed by atoms with E-state index < -0.39 is 0 Å². The van der Waals surface area contributed by atoms with Crippen molar-refractivity contribution in [1.82, 2.24) is 0 Å².